The minimum atomic E-state index is -0.0408. The van der Waals surface area contributed by atoms with Gasteiger partial charge in [-0.05, 0) is 31.5 Å². The highest BCUT2D eigenvalue weighted by molar-refractivity contribution is 6.31. The zero-order valence-electron chi connectivity index (χ0n) is 10.4. The van der Waals surface area contributed by atoms with Crippen LogP contribution >= 0.6 is 11.6 Å². The number of carbonyl (C=O) groups is 1. The average Bonchev–Trinajstić information content (AvgIpc) is 2.33. The lowest BCUT2D eigenvalue weighted by Gasteiger charge is -2.21. The number of nitrogens with two attached hydrogens (primary N) is 1. The maximum absolute atomic E-state index is 12.2. The molecule has 1 aromatic carbocycles. The molecule has 0 atom stereocenters. The van der Waals surface area contributed by atoms with E-state index in [-0.39, 0.29) is 5.91 Å². The van der Waals surface area contributed by atoms with Crippen LogP contribution in [0.15, 0.2) is 18.2 Å². The molecule has 1 aromatic rings. The van der Waals surface area contributed by atoms with Crippen LogP contribution < -0.4 is 5.73 Å². The molecule has 0 heterocycles. The number of unbranched alkanes of at least 4 members (excludes halogenated alkanes) is 1. The van der Waals surface area contributed by atoms with Crippen LogP contribution in [0.5, 0.6) is 0 Å². The number of halogens is 1. The second-order valence-corrected chi connectivity index (χ2v) is 4.41. The molecular formula is C13H19ClN2O. The Balaban J connectivity index is 2.89. The van der Waals surface area contributed by atoms with Gasteiger partial charge in [0, 0.05) is 23.8 Å². The quantitative estimate of drug-likeness (QED) is 0.821. The fraction of sp³-hybridized carbons (Fsp3) is 0.462. The van der Waals surface area contributed by atoms with E-state index in [0.717, 1.165) is 19.4 Å². The summed E-state index contributed by atoms with van der Waals surface area (Å²) in [5, 5.41) is 0.536. The van der Waals surface area contributed by atoms with E-state index in [4.69, 9.17) is 17.3 Å². The SMILES string of the molecule is CCCCN(CC)C(=O)c1cc(Cl)ccc1N. The fourth-order valence-corrected chi connectivity index (χ4v) is 1.81. The number of hydrogen-bond acceptors (Lipinski definition) is 2. The van der Waals surface area contributed by atoms with Gasteiger partial charge in [0.15, 0.2) is 0 Å². The van der Waals surface area contributed by atoms with E-state index in [2.05, 4.69) is 6.92 Å². The maximum atomic E-state index is 12.2. The van der Waals surface area contributed by atoms with Crippen molar-refractivity contribution in [3.63, 3.8) is 0 Å². The molecular weight excluding hydrogens is 236 g/mol. The molecule has 0 saturated carbocycles. The molecule has 0 aliphatic rings. The molecule has 0 spiro atoms. The van der Waals surface area contributed by atoms with Crippen LogP contribution in [0.4, 0.5) is 5.69 Å². The number of hydrogen-bond donors (Lipinski definition) is 1. The number of anilines is 1. The topological polar surface area (TPSA) is 46.3 Å². The monoisotopic (exact) mass is 254 g/mol. The van der Waals surface area contributed by atoms with Gasteiger partial charge in [-0.2, -0.15) is 0 Å². The lowest BCUT2D eigenvalue weighted by molar-refractivity contribution is 0.0763. The first-order valence-corrected chi connectivity index (χ1v) is 6.32. The molecule has 17 heavy (non-hydrogen) atoms. The highest BCUT2D eigenvalue weighted by atomic mass is 35.5. The highest BCUT2D eigenvalue weighted by Gasteiger charge is 2.16. The predicted octanol–water partition coefficient (Wildman–Crippen LogP) is 3.18. The third kappa shape index (κ3) is 3.63. The first kappa shape index (κ1) is 13.8. The van der Waals surface area contributed by atoms with Crippen LogP contribution in [0.3, 0.4) is 0 Å². The molecule has 0 aliphatic heterocycles. The van der Waals surface area contributed by atoms with Crippen LogP contribution in [0.2, 0.25) is 5.02 Å². The Morgan fingerprint density at radius 1 is 1.41 bits per heavy atom. The van der Waals surface area contributed by atoms with Crippen molar-refractivity contribution in [2.45, 2.75) is 26.7 Å². The largest absolute Gasteiger partial charge is 0.398 e. The van der Waals surface area contributed by atoms with Gasteiger partial charge in [0.1, 0.15) is 0 Å². The number of nitrogen functional groups attached to an aromatic ring is 1. The van der Waals surface area contributed by atoms with E-state index < -0.39 is 0 Å². The Hall–Kier alpha value is -1.22. The summed E-state index contributed by atoms with van der Waals surface area (Å²) in [4.78, 5) is 14.0. The smallest absolute Gasteiger partial charge is 0.255 e. The Bertz CT molecular complexity index is 393. The summed E-state index contributed by atoms with van der Waals surface area (Å²) in [6.07, 6.45) is 2.06. The van der Waals surface area contributed by atoms with Gasteiger partial charge in [0.2, 0.25) is 0 Å². The Morgan fingerprint density at radius 2 is 2.12 bits per heavy atom. The molecule has 0 saturated heterocycles. The predicted molar refractivity (Wildman–Crippen MR) is 72.3 cm³/mol. The second-order valence-electron chi connectivity index (χ2n) is 3.97. The van der Waals surface area contributed by atoms with E-state index in [1.165, 1.54) is 0 Å². The molecule has 94 valence electrons. The zero-order valence-corrected chi connectivity index (χ0v) is 11.1. The summed E-state index contributed by atoms with van der Waals surface area (Å²) in [7, 11) is 0. The van der Waals surface area contributed by atoms with Crippen LogP contribution in [0, 0.1) is 0 Å². The van der Waals surface area contributed by atoms with Crippen LogP contribution in [0.1, 0.15) is 37.0 Å². The second kappa shape index (κ2) is 6.50. The van der Waals surface area contributed by atoms with Crippen LogP contribution in [0.25, 0.3) is 0 Å². The van der Waals surface area contributed by atoms with Crippen molar-refractivity contribution in [2.24, 2.45) is 0 Å². The summed E-state index contributed by atoms with van der Waals surface area (Å²) < 4.78 is 0. The van der Waals surface area contributed by atoms with Gasteiger partial charge in [-0.25, -0.2) is 0 Å². The van der Waals surface area contributed by atoms with E-state index in [1.54, 1.807) is 23.1 Å². The third-order valence-corrected chi connectivity index (χ3v) is 2.93. The summed E-state index contributed by atoms with van der Waals surface area (Å²) in [5.74, 6) is -0.0408. The Kier molecular flexibility index (Phi) is 5.29. The van der Waals surface area contributed by atoms with Crippen molar-refractivity contribution in [3.8, 4) is 0 Å². The lowest BCUT2D eigenvalue weighted by atomic mass is 10.1. The summed E-state index contributed by atoms with van der Waals surface area (Å²) in [6.45, 7) is 5.52. The van der Waals surface area contributed by atoms with E-state index in [9.17, 15) is 4.79 Å². The molecule has 0 radical (unpaired) electrons. The average molecular weight is 255 g/mol. The van der Waals surface area contributed by atoms with Crippen molar-refractivity contribution in [2.75, 3.05) is 18.8 Å². The van der Waals surface area contributed by atoms with E-state index in [0.29, 0.717) is 22.8 Å². The van der Waals surface area contributed by atoms with Crippen molar-refractivity contribution < 1.29 is 4.79 Å². The third-order valence-electron chi connectivity index (χ3n) is 2.70. The molecule has 0 bridgehead atoms. The van der Waals surface area contributed by atoms with Crippen molar-refractivity contribution in [1.82, 2.24) is 4.90 Å². The molecule has 1 rings (SSSR count). The number of nitrogens with zero attached hydrogens (tertiary/aromatic N) is 1. The molecule has 0 fully saturated rings. The Morgan fingerprint density at radius 3 is 2.71 bits per heavy atom. The van der Waals surface area contributed by atoms with Crippen molar-refractivity contribution >= 4 is 23.2 Å². The first-order chi connectivity index (χ1) is 8.10. The van der Waals surface area contributed by atoms with Crippen molar-refractivity contribution in [3.05, 3.63) is 28.8 Å². The Labute approximate surface area is 108 Å². The zero-order chi connectivity index (χ0) is 12.8. The van der Waals surface area contributed by atoms with Crippen LogP contribution in [-0.4, -0.2) is 23.9 Å². The van der Waals surface area contributed by atoms with E-state index in [1.807, 2.05) is 6.92 Å². The minimum Gasteiger partial charge on any atom is -0.398 e. The van der Waals surface area contributed by atoms with Gasteiger partial charge in [-0.15, -0.1) is 0 Å². The molecule has 0 unspecified atom stereocenters. The van der Waals surface area contributed by atoms with Crippen molar-refractivity contribution in [1.29, 1.82) is 0 Å². The van der Waals surface area contributed by atoms with Gasteiger partial charge in [-0.1, -0.05) is 24.9 Å². The number of carbonyl (C=O) groups excluding carboxylic acids is 1. The molecule has 3 nitrogen and oxygen atoms in total. The molecule has 2 N–H and O–H groups in total. The van der Waals surface area contributed by atoms with Gasteiger partial charge >= 0.3 is 0 Å². The normalized spacial score (nSPS) is 10.3. The van der Waals surface area contributed by atoms with Gasteiger partial charge in [0.05, 0.1) is 5.56 Å². The number of amides is 1. The molecule has 0 aliphatic carbocycles. The van der Waals surface area contributed by atoms with Gasteiger partial charge in [0.25, 0.3) is 5.91 Å². The first-order valence-electron chi connectivity index (χ1n) is 5.94. The van der Waals surface area contributed by atoms with Crippen LogP contribution in [-0.2, 0) is 0 Å². The van der Waals surface area contributed by atoms with Gasteiger partial charge < -0.3 is 10.6 Å². The summed E-state index contributed by atoms with van der Waals surface area (Å²) in [6, 6.07) is 4.99. The minimum absolute atomic E-state index is 0.0408. The summed E-state index contributed by atoms with van der Waals surface area (Å²) in [5.41, 5.74) is 6.78. The lowest BCUT2D eigenvalue weighted by Crippen LogP contribution is -2.32. The standard InChI is InChI=1S/C13H19ClN2O/c1-3-5-8-16(4-2)13(17)11-9-10(14)6-7-12(11)15/h6-7,9H,3-5,8,15H2,1-2H3. The molecule has 1 amide bonds. The summed E-state index contributed by atoms with van der Waals surface area (Å²) >= 11 is 5.89. The fourth-order valence-electron chi connectivity index (χ4n) is 1.64. The van der Waals surface area contributed by atoms with Gasteiger partial charge in [-0.3, -0.25) is 4.79 Å². The highest BCUT2D eigenvalue weighted by Crippen LogP contribution is 2.19. The maximum Gasteiger partial charge on any atom is 0.255 e. The number of benzene rings is 1. The van der Waals surface area contributed by atoms with E-state index >= 15 is 0 Å². The molecule has 0 aromatic heterocycles. The molecule has 4 heteroatoms. The number of rotatable bonds is 5.